The molecule has 0 aliphatic heterocycles. The lowest BCUT2D eigenvalue weighted by atomic mass is 10.0. The lowest BCUT2D eigenvalue weighted by Gasteiger charge is -2.28. The molecule has 5 heteroatoms. The smallest absolute Gasteiger partial charge is 0.153 e. The Morgan fingerprint density at radius 3 is 2.53 bits per heavy atom. The van der Waals surface area contributed by atoms with Crippen LogP contribution in [0.2, 0.25) is 0 Å². The molecule has 96 valence electrons. The molecule has 1 rings (SSSR count). The van der Waals surface area contributed by atoms with E-state index in [0.29, 0.717) is 6.42 Å². The maximum atomic E-state index is 11.7. The van der Waals surface area contributed by atoms with Crippen LogP contribution in [-0.2, 0) is 16.3 Å². The zero-order valence-corrected chi connectivity index (χ0v) is 13.0. The summed E-state index contributed by atoms with van der Waals surface area (Å²) in [5.41, 5.74) is 2.02. The summed E-state index contributed by atoms with van der Waals surface area (Å²) in [6.45, 7) is 5.45. The molecule has 0 saturated carbocycles. The third-order valence-corrected chi connectivity index (χ3v) is 7.17. The molecule has 1 aromatic rings. The molecule has 1 heterocycles. The number of hydrogen-bond donors (Lipinski definition) is 0. The highest BCUT2D eigenvalue weighted by Gasteiger charge is 2.37. The van der Waals surface area contributed by atoms with E-state index in [-0.39, 0.29) is 4.83 Å². The molecule has 0 aliphatic carbocycles. The first kappa shape index (κ1) is 14.6. The van der Waals surface area contributed by atoms with Crippen LogP contribution in [0.15, 0.2) is 18.3 Å². The van der Waals surface area contributed by atoms with Crippen LogP contribution in [0.3, 0.4) is 0 Å². The summed E-state index contributed by atoms with van der Waals surface area (Å²) in [5, 5.41) is 0. The summed E-state index contributed by atoms with van der Waals surface area (Å²) < 4.78 is 22.6. The molecule has 0 spiro atoms. The van der Waals surface area contributed by atoms with E-state index < -0.39 is 14.6 Å². The van der Waals surface area contributed by atoms with Crippen molar-refractivity contribution in [3.05, 3.63) is 29.6 Å². The summed E-state index contributed by atoms with van der Waals surface area (Å²) in [5.74, 6) is 0. The number of aryl methyl sites for hydroxylation is 1. The third-order valence-electron chi connectivity index (χ3n) is 3.20. The molecule has 0 radical (unpaired) electrons. The minimum atomic E-state index is -3.11. The first-order valence-corrected chi connectivity index (χ1v) is 8.21. The van der Waals surface area contributed by atoms with E-state index in [9.17, 15) is 8.42 Å². The van der Waals surface area contributed by atoms with E-state index in [0.717, 1.165) is 11.3 Å². The van der Waals surface area contributed by atoms with Crippen LogP contribution in [0, 0.1) is 6.92 Å². The Labute approximate surface area is 112 Å². The Morgan fingerprint density at radius 2 is 2.06 bits per heavy atom. The van der Waals surface area contributed by atoms with Crippen molar-refractivity contribution in [2.75, 3.05) is 6.26 Å². The molecule has 0 aliphatic rings. The van der Waals surface area contributed by atoms with Gasteiger partial charge in [-0.1, -0.05) is 22.0 Å². The predicted octanol–water partition coefficient (Wildman–Crippen LogP) is 2.52. The first-order valence-electron chi connectivity index (χ1n) is 5.40. The van der Waals surface area contributed by atoms with Gasteiger partial charge in [0, 0.05) is 29.4 Å². The molecular formula is C12H18BrNO2S. The van der Waals surface area contributed by atoms with Crippen LogP contribution in [0.4, 0.5) is 0 Å². The fraction of sp³-hybridized carbons (Fsp3) is 0.583. The summed E-state index contributed by atoms with van der Waals surface area (Å²) in [6, 6.07) is 3.86. The topological polar surface area (TPSA) is 47.0 Å². The van der Waals surface area contributed by atoms with Crippen LogP contribution >= 0.6 is 15.9 Å². The predicted molar refractivity (Wildman–Crippen MR) is 74.3 cm³/mol. The second-order valence-corrected chi connectivity index (χ2v) is 8.52. The highest BCUT2D eigenvalue weighted by atomic mass is 79.9. The van der Waals surface area contributed by atoms with E-state index in [1.54, 1.807) is 20.0 Å². The third kappa shape index (κ3) is 3.28. The summed E-state index contributed by atoms with van der Waals surface area (Å²) >= 11 is 3.49. The lowest BCUT2D eigenvalue weighted by Crippen LogP contribution is -2.41. The average Bonchev–Trinajstić information content (AvgIpc) is 2.19. The van der Waals surface area contributed by atoms with E-state index in [2.05, 4.69) is 20.9 Å². The van der Waals surface area contributed by atoms with Crippen molar-refractivity contribution in [1.82, 2.24) is 4.98 Å². The van der Waals surface area contributed by atoms with Crippen molar-refractivity contribution < 1.29 is 8.42 Å². The molecule has 0 bridgehead atoms. The zero-order chi connectivity index (χ0) is 13.3. The largest absolute Gasteiger partial charge is 0.261 e. The molecule has 0 saturated heterocycles. The number of aromatic nitrogens is 1. The van der Waals surface area contributed by atoms with Crippen molar-refractivity contribution in [3.63, 3.8) is 0 Å². The van der Waals surface area contributed by atoms with Gasteiger partial charge in [-0.15, -0.1) is 0 Å². The van der Waals surface area contributed by atoms with Crippen molar-refractivity contribution in [2.45, 2.75) is 36.8 Å². The van der Waals surface area contributed by atoms with E-state index in [1.165, 1.54) is 6.26 Å². The Bertz CT molecular complexity index is 497. The molecule has 1 atom stereocenters. The Hall–Kier alpha value is -0.420. The number of halogens is 1. The Morgan fingerprint density at radius 1 is 1.47 bits per heavy atom. The van der Waals surface area contributed by atoms with Crippen LogP contribution in [0.25, 0.3) is 0 Å². The fourth-order valence-corrected chi connectivity index (χ4v) is 3.25. The molecular weight excluding hydrogens is 302 g/mol. The van der Waals surface area contributed by atoms with Gasteiger partial charge in [0.25, 0.3) is 0 Å². The summed E-state index contributed by atoms with van der Waals surface area (Å²) in [7, 11) is -3.11. The van der Waals surface area contributed by atoms with Crippen molar-refractivity contribution in [3.8, 4) is 0 Å². The summed E-state index contributed by atoms with van der Waals surface area (Å²) in [4.78, 5) is 4.13. The van der Waals surface area contributed by atoms with Gasteiger partial charge in [0.15, 0.2) is 9.84 Å². The number of nitrogens with zero attached hydrogens (tertiary/aromatic N) is 1. The monoisotopic (exact) mass is 319 g/mol. The quantitative estimate of drug-likeness (QED) is 0.801. The van der Waals surface area contributed by atoms with Crippen LogP contribution in [0.5, 0.6) is 0 Å². The SMILES string of the molecule is Cc1cccnc1CC(Br)C(C)(C)S(C)(=O)=O. The number of sulfone groups is 1. The van der Waals surface area contributed by atoms with Crippen LogP contribution in [-0.4, -0.2) is 29.2 Å². The van der Waals surface area contributed by atoms with Crippen molar-refractivity contribution in [2.24, 2.45) is 0 Å². The number of alkyl halides is 1. The number of hydrogen-bond acceptors (Lipinski definition) is 3. The Kier molecular flexibility index (Phi) is 4.36. The zero-order valence-electron chi connectivity index (χ0n) is 10.6. The summed E-state index contributed by atoms with van der Waals surface area (Å²) in [6.07, 6.45) is 3.61. The molecule has 1 aromatic heterocycles. The molecule has 0 N–H and O–H groups in total. The minimum Gasteiger partial charge on any atom is -0.261 e. The first-order chi connectivity index (χ1) is 7.66. The van der Waals surface area contributed by atoms with Gasteiger partial charge in [0.2, 0.25) is 0 Å². The lowest BCUT2D eigenvalue weighted by molar-refractivity contribution is 0.540. The highest BCUT2D eigenvalue weighted by molar-refractivity contribution is 9.09. The van der Waals surface area contributed by atoms with E-state index >= 15 is 0 Å². The van der Waals surface area contributed by atoms with E-state index in [1.807, 2.05) is 19.1 Å². The normalized spacial score (nSPS) is 14.6. The van der Waals surface area contributed by atoms with Gasteiger partial charge in [-0.05, 0) is 32.4 Å². The van der Waals surface area contributed by atoms with Gasteiger partial charge >= 0.3 is 0 Å². The van der Waals surface area contributed by atoms with Gasteiger partial charge in [-0.25, -0.2) is 8.42 Å². The van der Waals surface area contributed by atoms with Crippen LogP contribution < -0.4 is 0 Å². The van der Waals surface area contributed by atoms with Gasteiger partial charge in [0.1, 0.15) is 0 Å². The molecule has 0 amide bonds. The van der Waals surface area contributed by atoms with Gasteiger partial charge in [-0.2, -0.15) is 0 Å². The minimum absolute atomic E-state index is 0.154. The van der Waals surface area contributed by atoms with Gasteiger partial charge in [-0.3, -0.25) is 4.98 Å². The van der Waals surface area contributed by atoms with Gasteiger partial charge < -0.3 is 0 Å². The molecule has 0 fully saturated rings. The maximum absolute atomic E-state index is 11.7. The van der Waals surface area contributed by atoms with E-state index in [4.69, 9.17) is 0 Å². The Balaban J connectivity index is 2.95. The maximum Gasteiger partial charge on any atom is 0.153 e. The standard InChI is InChI=1S/C12H18BrNO2S/c1-9-6-5-7-14-10(9)8-11(13)12(2,3)17(4,15)16/h5-7,11H,8H2,1-4H3. The second kappa shape index (κ2) is 5.06. The van der Waals surface area contributed by atoms with Crippen molar-refractivity contribution >= 4 is 25.8 Å². The molecule has 17 heavy (non-hydrogen) atoms. The van der Waals surface area contributed by atoms with Crippen LogP contribution in [0.1, 0.15) is 25.1 Å². The van der Waals surface area contributed by atoms with Gasteiger partial charge in [0.05, 0.1) is 4.75 Å². The second-order valence-electron chi connectivity index (χ2n) is 4.81. The molecule has 1 unspecified atom stereocenters. The van der Waals surface area contributed by atoms with Crippen molar-refractivity contribution in [1.29, 1.82) is 0 Å². The number of rotatable bonds is 4. The highest BCUT2D eigenvalue weighted by Crippen LogP contribution is 2.29. The molecule has 0 aromatic carbocycles. The average molecular weight is 320 g/mol. The number of pyridine rings is 1. The fourth-order valence-electron chi connectivity index (χ4n) is 1.38. The molecule has 3 nitrogen and oxygen atoms in total.